The standard InChI is InChI=1S/C11H14ClN5O2/c1-4-19-11(18)10-7(2)17(15-14-10)6-9-13-5-8(12)16(9)3/h5H,4,6H2,1-3H3. The summed E-state index contributed by atoms with van der Waals surface area (Å²) in [6.07, 6.45) is 1.56. The number of hydrogen-bond acceptors (Lipinski definition) is 5. The van der Waals surface area contributed by atoms with Gasteiger partial charge in [-0.25, -0.2) is 14.5 Å². The largest absolute Gasteiger partial charge is 0.461 e. The molecule has 2 aromatic heterocycles. The van der Waals surface area contributed by atoms with E-state index in [9.17, 15) is 4.79 Å². The highest BCUT2D eigenvalue weighted by atomic mass is 35.5. The Hall–Kier alpha value is -1.89. The molecule has 0 N–H and O–H groups in total. The molecule has 19 heavy (non-hydrogen) atoms. The summed E-state index contributed by atoms with van der Waals surface area (Å²) in [5.41, 5.74) is 0.861. The molecule has 0 aliphatic carbocycles. The van der Waals surface area contributed by atoms with Crippen molar-refractivity contribution in [3.05, 3.63) is 28.6 Å². The van der Waals surface area contributed by atoms with Gasteiger partial charge in [-0.3, -0.25) is 0 Å². The summed E-state index contributed by atoms with van der Waals surface area (Å²) in [5, 5.41) is 8.31. The Morgan fingerprint density at radius 2 is 2.26 bits per heavy atom. The first kappa shape index (κ1) is 13.5. The van der Waals surface area contributed by atoms with E-state index in [1.54, 1.807) is 29.3 Å². The number of ether oxygens (including phenoxy) is 1. The summed E-state index contributed by atoms with van der Waals surface area (Å²) in [5.74, 6) is 0.262. The molecule has 0 fully saturated rings. The van der Waals surface area contributed by atoms with Crippen molar-refractivity contribution >= 4 is 17.6 Å². The van der Waals surface area contributed by atoms with Crippen LogP contribution in [0.4, 0.5) is 0 Å². The highest BCUT2D eigenvalue weighted by molar-refractivity contribution is 6.29. The van der Waals surface area contributed by atoms with Crippen molar-refractivity contribution in [1.29, 1.82) is 0 Å². The smallest absolute Gasteiger partial charge is 0.360 e. The van der Waals surface area contributed by atoms with Crippen molar-refractivity contribution in [2.24, 2.45) is 7.05 Å². The van der Waals surface area contributed by atoms with Crippen LogP contribution >= 0.6 is 11.6 Å². The quantitative estimate of drug-likeness (QED) is 0.788. The molecule has 2 aromatic rings. The predicted molar refractivity (Wildman–Crippen MR) is 68.0 cm³/mol. The number of esters is 1. The lowest BCUT2D eigenvalue weighted by Crippen LogP contribution is -2.11. The monoisotopic (exact) mass is 283 g/mol. The molecular formula is C11H14ClN5O2. The maximum absolute atomic E-state index is 11.6. The van der Waals surface area contributed by atoms with E-state index in [-0.39, 0.29) is 5.69 Å². The summed E-state index contributed by atoms with van der Waals surface area (Å²) in [6.45, 7) is 4.20. The van der Waals surface area contributed by atoms with Crippen LogP contribution < -0.4 is 0 Å². The summed E-state index contributed by atoms with van der Waals surface area (Å²) < 4.78 is 8.23. The number of aromatic nitrogens is 5. The number of hydrogen-bond donors (Lipinski definition) is 0. The van der Waals surface area contributed by atoms with Gasteiger partial charge in [-0.2, -0.15) is 0 Å². The maximum atomic E-state index is 11.6. The van der Waals surface area contributed by atoms with Crippen LogP contribution in [0.5, 0.6) is 0 Å². The molecule has 102 valence electrons. The minimum atomic E-state index is -0.468. The Labute approximate surface area is 115 Å². The summed E-state index contributed by atoms with van der Waals surface area (Å²) in [7, 11) is 1.81. The van der Waals surface area contributed by atoms with E-state index in [1.807, 2.05) is 7.05 Å². The van der Waals surface area contributed by atoms with Crippen molar-refractivity contribution in [2.75, 3.05) is 6.61 Å². The van der Waals surface area contributed by atoms with Crippen LogP contribution in [0.3, 0.4) is 0 Å². The van der Waals surface area contributed by atoms with E-state index in [0.29, 0.717) is 24.0 Å². The van der Waals surface area contributed by atoms with Crippen molar-refractivity contribution in [2.45, 2.75) is 20.4 Å². The third-order valence-electron chi connectivity index (χ3n) is 2.77. The first-order valence-corrected chi connectivity index (χ1v) is 6.15. The van der Waals surface area contributed by atoms with Crippen LogP contribution in [-0.4, -0.2) is 37.1 Å². The average Bonchev–Trinajstić information content (AvgIpc) is 2.88. The zero-order valence-electron chi connectivity index (χ0n) is 10.9. The summed E-state index contributed by atoms with van der Waals surface area (Å²) in [6, 6.07) is 0. The molecular weight excluding hydrogens is 270 g/mol. The van der Waals surface area contributed by atoms with E-state index < -0.39 is 5.97 Å². The van der Waals surface area contributed by atoms with E-state index in [0.717, 1.165) is 5.82 Å². The van der Waals surface area contributed by atoms with Gasteiger partial charge >= 0.3 is 5.97 Å². The van der Waals surface area contributed by atoms with Gasteiger partial charge in [0.25, 0.3) is 0 Å². The van der Waals surface area contributed by atoms with Crippen molar-refractivity contribution in [3.63, 3.8) is 0 Å². The molecule has 0 radical (unpaired) electrons. The lowest BCUT2D eigenvalue weighted by Gasteiger charge is -2.04. The lowest BCUT2D eigenvalue weighted by atomic mass is 10.3. The number of rotatable bonds is 4. The zero-order chi connectivity index (χ0) is 14.0. The molecule has 8 heteroatoms. The number of imidazole rings is 1. The minimum Gasteiger partial charge on any atom is -0.461 e. The molecule has 0 amide bonds. The SMILES string of the molecule is CCOC(=O)c1nnn(Cc2ncc(Cl)n2C)c1C. The molecule has 2 rings (SSSR count). The molecule has 7 nitrogen and oxygen atoms in total. The molecule has 0 aliphatic heterocycles. The van der Waals surface area contributed by atoms with Crippen LogP contribution in [-0.2, 0) is 18.3 Å². The second kappa shape index (κ2) is 5.40. The second-order valence-electron chi connectivity index (χ2n) is 3.96. The minimum absolute atomic E-state index is 0.224. The predicted octanol–water partition coefficient (Wildman–Crippen LogP) is 1.20. The van der Waals surface area contributed by atoms with E-state index >= 15 is 0 Å². The van der Waals surface area contributed by atoms with Gasteiger partial charge in [0.2, 0.25) is 0 Å². The number of nitrogens with zero attached hydrogens (tertiary/aromatic N) is 5. The van der Waals surface area contributed by atoms with E-state index in [1.165, 1.54) is 0 Å². The highest BCUT2D eigenvalue weighted by Crippen LogP contribution is 2.12. The fraction of sp³-hybridized carbons (Fsp3) is 0.455. The number of halogens is 1. The Bertz CT molecular complexity index is 604. The Balaban J connectivity index is 2.23. The maximum Gasteiger partial charge on any atom is 0.360 e. The Morgan fingerprint density at radius 1 is 1.53 bits per heavy atom. The van der Waals surface area contributed by atoms with Crippen LogP contribution in [0, 0.1) is 6.92 Å². The van der Waals surface area contributed by atoms with Gasteiger partial charge in [-0.15, -0.1) is 5.10 Å². The molecule has 0 saturated heterocycles. The van der Waals surface area contributed by atoms with Gasteiger partial charge in [-0.1, -0.05) is 16.8 Å². The molecule has 0 spiro atoms. The van der Waals surface area contributed by atoms with E-state index in [4.69, 9.17) is 16.3 Å². The van der Waals surface area contributed by atoms with E-state index in [2.05, 4.69) is 15.3 Å². The van der Waals surface area contributed by atoms with Gasteiger partial charge < -0.3 is 9.30 Å². The third kappa shape index (κ3) is 2.60. The summed E-state index contributed by atoms with van der Waals surface area (Å²) in [4.78, 5) is 15.8. The summed E-state index contributed by atoms with van der Waals surface area (Å²) >= 11 is 5.91. The van der Waals surface area contributed by atoms with Crippen LogP contribution in [0.2, 0.25) is 5.15 Å². The highest BCUT2D eigenvalue weighted by Gasteiger charge is 2.18. The Kier molecular flexibility index (Phi) is 3.84. The normalized spacial score (nSPS) is 10.7. The molecule has 2 heterocycles. The number of carbonyl (C=O) groups excluding carboxylic acids is 1. The molecule has 0 unspecified atom stereocenters. The molecule has 0 aromatic carbocycles. The first-order chi connectivity index (χ1) is 9.04. The zero-order valence-corrected chi connectivity index (χ0v) is 11.7. The second-order valence-corrected chi connectivity index (χ2v) is 4.34. The van der Waals surface area contributed by atoms with Gasteiger partial charge in [0.1, 0.15) is 17.5 Å². The van der Waals surface area contributed by atoms with Crippen molar-refractivity contribution in [3.8, 4) is 0 Å². The van der Waals surface area contributed by atoms with Gasteiger partial charge in [0.05, 0.1) is 18.5 Å². The van der Waals surface area contributed by atoms with Crippen LogP contribution in [0.1, 0.15) is 28.9 Å². The first-order valence-electron chi connectivity index (χ1n) is 5.77. The Morgan fingerprint density at radius 3 is 2.84 bits per heavy atom. The van der Waals surface area contributed by atoms with Gasteiger partial charge in [0, 0.05) is 7.05 Å². The lowest BCUT2D eigenvalue weighted by molar-refractivity contribution is 0.0518. The van der Waals surface area contributed by atoms with Crippen LogP contribution in [0.25, 0.3) is 0 Å². The topological polar surface area (TPSA) is 74.8 Å². The number of carbonyl (C=O) groups is 1. The average molecular weight is 284 g/mol. The third-order valence-corrected chi connectivity index (χ3v) is 3.12. The van der Waals surface area contributed by atoms with Gasteiger partial charge in [0.15, 0.2) is 5.69 Å². The molecule has 0 bridgehead atoms. The van der Waals surface area contributed by atoms with Crippen molar-refractivity contribution < 1.29 is 9.53 Å². The molecule has 0 saturated carbocycles. The molecule has 0 atom stereocenters. The fourth-order valence-electron chi connectivity index (χ4n) is 1.60. The fourth-order valence-corrected chi connectivity index (χ4v) is 1.75. The van der Waals surface area contributed by atoms with Crippen molar-refractivity contribution in [1.82, 2.24) is 24.5 Å². The molecule has 0 aliphatic rings. The van der Waals surface area contributed by atoms with Gasteiger partial charge in [-0.05, 0) is 13.8 Å². The van der Waals surface area contributed by atoms with Crippen LogP contribution in [0.15, 0.2) is 6.20 Å².